The summed E-state index contributed by atoms with van der Waals surface area (Å²) in [6.07, 6.45) is 0.193. The number of benzene rings is 2. The van der Waals surface area contributed by atoms with Crippen molar-refractivity contribution in [1.29, 1.82) is 0 Å². The van der Waals surface area contributed by atoms with Crippen LogP contribution in [0.4, 0.5) is 4.79 Å². The van der Waals surface area contributed by atoms with Gasteiger partial charge in [0.2, 0.25) is 0 Å². The maximum absolute atomic E-state index is 13.1. The third kappa shape index (κ3) is 9.69. The Morgan fingerprint density at radius 1 is 0.949 bits per heavy atom. The summed E-state index contributed by atoms with van der Waals surface area (Å²) in [5, 5.41) is 13.4. The Hall–Kier alpha value is -2.84. The summed E-state index contributed by atoms with van der Waals surface area (Å²) in [7, 11) is -0.743. The van der Waals surface area contributed by atoms with Crippen LogP contribution in [0.3, 0.4) is 0 Å². The Bertz CT molecular complexity index is 1090. The van der Waals surface area contributed by atoms with Crippen molar-refractivity contribution in [2.75, 3.05) is 7.11 Å². The van der Waals surface area contributed by atoms with Crippen LogP contribution in [0.2, 0.25) is 18.1 Å². The number of carboxylic acids is 1. The average Bonchev–Trinajstić information content (AvgIpc) is 2.81. The van der Waals surface area contributed by atoms with Gasteiger partial charge in [0.05, 0.1) is 7.11 Å². The maximum Gasteiger partial charge on any atom is 0.408 e. The number of carboxylic acid groups (broad SMARTS) is 1. The summed E-state index contributed by atoms with van der Waals surface area (Å²) in [6.45, 7) is 16.0. The van der Waals surface area contributed by atoms with Gasteiger partial charge in [-0.05, 0) is 68.9 Å². The highest BCUT2D eigenvalue weighted by atomic mass is 28.4. The van der Waals surface area contributed by atoms with E-state index in [0.717, 1.165) is 12.0 Å². The topological polar surface area (TPSA) is 94.1 Å². The second-order valence-electron chi connectivity index (χ2n) is 12.7. The van der Waals surface area contributed by atoms with Gasteiger partial charge in [0.1, 0.15) is 16.9 Å². The van der Waals surface area contributed by atoms with Crippen molar-refractivity contribution in [3.63, 3.8) is 0 Å². The first-order chi connectivity index (χ1) is 18.0. The largest absolute Gasteiger partial charge is 0.496 e. The van der Waals surface area contributed by atoms with Crippen LogP contribution in [0.25, 0.3) is 0 Å². The van der Waals surface area contributed by atoms with Gasteiger partial charge in [-0.15, -0.1) is 0 Å². The van der Waals surface area contributed by atoms with Crippen molar-refractivity contribution in [1.82, 2.24) is 5.32 Å². The van der Waals surface area contributed by atoms with Gasteiger partial charge in [0, 0.05) is 18.9 Å². The summed E-state index contributed by atoms with van der Waals surface area (Å²) >= 11 is 0. The Morgan fingerprint density at radius 2 is 1.54 bits per heavy atom. The lowest BCUT2D eigenvalue weighted by Crippen LogP contribution is -2.59. The molecule has 0 unspecified atom stereocenters. The molecule has 0 bridgehead atoms. The lowest BCUT2D eigenvalue weighted by atomic mass is 9.83. The van der Waals surface area contributed by atoms with Crippen molar-refractivity contribution in [3.05, 3.63) is 65.7 Å². The van der Waals surface area contributed by atoms with Gasteiger partial charge in [-0.25, -0.2) is 9.59 Å². The minimum Gasteiger partial charge on any atom is -0.496 e. The van der Waals surface area contributed by atoms with Crippen molar-refractivity contribution in [3.8, 4) is 5.75 Å². The summed E-state index contributed by atoms with van der Waals surface area (Å²) in [5.41, 5.74) is -0.663. The molecule has 0 fully saturated rings. The number of para-hydroxylation sites is 1. The van der Waals surface area contributed by atoms with Crippen molar-refractivity contribution >= 4 is 20.4 Å². The third-order valence-corrected chi connectivity index (χ3v) is 11.8. The Labute approximate surface area is 235 Å². The number of hydrogen-bond donors (Lipinski definition) is 2. The van der Waals surface area contributed by atoms with Crippen LogP contribution >= 0.6 is 0 Å². The number of ether oxygens (including phenoxy) is 2. The van der Waals surface area contributed by atoms with E-state index in [-0.39, 0.29) is 17.9 Å². The number of rotatable bonds is 12. The number of carbonyl (C=O) groups is 2. The number of nitrogens with one attached hydrogen (secondary N) is 1. The molecule has 1 amide bonds. The molecule has 0 aliphatic heterocycles. The van der Waals surface area contributed by atoms with Crippen LogP contribution in [0.15, 0.2) is 54.6 Å². The fraction of sp³-hybridized carbons (Fsp3) is 0.548. The molecule has 0 saturated carbocycles. The summed E-state index contributed by atoms with van der Waals surface area (Å²) in [4.78, 5) is 26.2. The quantitative estimate of drug-likeness (QED) is 0.273. The maximum atomic E-state index is 13.1. The molecule has 2 atom stereocenters. The summed E-state index contributed by atoms with van der Waals surface area (Å²) in [5.74, 6) is -0.594. The summed E-state index contributed by atoms with van der Waals surface area (Å²) in [6, 6.07) is 17.3. The number of alkyl carbamates (subject to hydrolysis) is 1. The molecular weight excluding hydrogens is 510 g/mol. The van der Waals surface area contributed by atoms with Gasteiger partial charge in [-0.1, -0.05) is 69.3 Å². The third-order valence-electron chi connectivity index (χ3n) is 7.28. The zero-order valence-electron chi connectivity index (χ0n) is 25.1. The van der Waals surface area contributed by atoms with Crippen LogP contribution < -0.4 is 10.1 Å². The lowest BCUT2D eigenvalue weighted by Gasteiger charge is -2.42. The van der Waals surface area contributed by atoms with E-state index in [2.05, 4.69) is 51.3 Å². The highest BCUT2D eigenvalue weighted by Gasteiger charge is 2.46. The highest BCUT2D eigenvalue weighted by Crippen LogP contribution is 2.39. The number of carbonyl (C=O) groups excluding carboxylic acids is 1. The second-order valence-corrected chi connectivity index (χ2v) is 17.5. The number of hydrogen-bond acceptors (Lipinski definition) is 5. The summed E-state index contributed by atoms with van der Waals surface area (Å²) < 4.78 is 17.9. The number of aliphatic carboxylic acids is 1. The van der Waals surface area contributed by atoms with E-state index in [0.29, 0.717) is 17.7 Å². The second kappa shape index (κ2) is 13.0. The fourth-order valence-corrected chi connectivity index (χ4v) is 5.60. The standard InChI is InChI=1S/C31H47NO6Si/c1-29(2,3)37-28(35)32-31(27(33)34,21-24-17-13-14-18-26(24)36-7)22-25(38-39(8,9)30(4,5)6)20-19-23-15-11-10-12-16-23/h10-18,25H,19-22H2,1-9H3,(H,32,35)(H,33,34)/t25-,31+/m0/s1. The molecular formula is C31H47NO6Si. The lowest BCUT2D eigenvalue weighted by molar-refractivity contribution is -0.146. The minimum atomic E-state index is -2.29. The van der Waals surface area contributed by atoms with Crippen LogP contribution in [0, 0.1) is 0 Å². The predicted molar refractivity (Wildman–Crippen MR) is 158 cm³/mol. The number of amides is 1. The molecule has 0 saturated heterocycles. The van der Waals surface area contributed by atoms with Crippen molar-refractivity contribution in [2.45, 2.75) is 103 Å². The molecule has 2 rings (SSSR count). The predicted octanol–water partition coefficient (Wildman–Crippen LogP) is 7.00. The van der Waals surface area contributed by atoms with Gasteiger partial charge in [0.25, 0.3) is 0 Å². The van der Waals surface area contributed by atoms with E-state index in [1.54, 1.807) is 33.9 Å². The molecule has 2 aromatic carbocycles. The van der Waals surface area contributed by atoms with E-state index in [9.17, 15) is 14.7 Å². The fourth-order valence-electron chi connectivity index (χ4n) is 4.21. The number of methoxy groups -OCH3 is 1. The van der Waals surface area contributed by atoms with Gasteiger partial charge >= 0.3 is 12.1 Å². The molecule has 216 valence electrons. The molecule has 0 aromatic heterocycles. The highest BCUT2D eigenvalue weighted by molar-refractivity contribution is 6.74. The van der Waals surface area contributed by atoms with Crippen LogP contribution in [-0.2, 0) is 26.8 Å². The molecule has 0 radical (unpaired) electrons. The minimum absolute atomic E-state index is 0.00822. The van der Waals surface area contributed by atoms with Gasteiger partial charge in [0.15, 0.2) is 8.32 Å². The van der Waals surface area contributed by atoms with Gasteiger partial charge < -0.3 is 24.3 Å². The molecule has 39 heavy (non-hydrogen) atoms. The first-order valence-corrected chi connectivity index (χ1v) is 16.5. The molecule has 0 spiro atoms. The first-order valence-electron chi connectivity index (χ1n) is 13.6. The Morgan fingerprint density at radius 3 is 2.08 bits per heavy atom. The number of aryl methyl sites for hydroxylation is 1. The normalized spacial score (nSPS) is 14.7. The van der Waals surface area contributed by atoms with Crippen molar-refractivity contribution in [2.24, 2.45) is 0 Å². The molecule has 7 nitrogen and oxygen atoms in total. The van der Waals surface area contributed by atoms with E-state index in [1.165, 1.54) is 0 Å². The first kappa shape index (κ1) is 32.4. The van der Waals surface area contributed by atoms with Crippen molar-refractivity contribution < 1.29 is 28.6 Å². The molecule has 8 heteroatoms. The SMILES string of the molecule is COc1ccccc1C[C@](C[C@H](CCc1ccccc1)O[Si](C)(C)C(C)(C)C)(NC(=O)OC(C)(C)C)C(=O)O. The van der Waals surface area contributed by atoms with E-state index >= 15 is 0 Å². The molecule has 0 aliphatic carbocycles. The molecule has 0 heterocycles. The Kier molecular flexibility index (Phi) is 10.8. The average molecular weight is 558 g/mol. The van der Waals surface area contributed by atoms with Gasteiger partial charge in [-0.3, -0.25) is 0 Å². The zero-order valence-corrected chi connectivity index (χ0v) is 26.1. The monoisotopic (exact) mass is 557 g/mol. The van der Waals surface area contributed by atoms with Gasteiger partial charge in [-0.2, -0.15) is 0 Å². The van der Waals surface area contributed by atoms with E-state index in [4.69, 9.17) is 13.9 Å². The molecule has 0 aliphatic rings. The Balaban J connectivity index is 2.55. The van der Waals surface area contributed by atoms with E-state index in [1.807, 2.05) is 36.4 Å². The molecule has 2 aromatic rings. The van der Waals surface area contributed by atoms with Crippen LogP contribution in [-0.4, -0.2) is 49.8 Å². The zero-order chi connectivity index (χ0) is 29.5. The van der Waals surface area contributed by atoms with E-state index < -0.39 is 37.6 Å². The smallest absolute Gasteiger partial charge is 0.408 e. The molecule has 2 N–H and O–H groups in total. The van der Waals surface area contributed by atoms with Crippen LogP contribution in [0.5, 0.6) is 5.75 Å². The van der Waals surface area contributed by atoms with Crippen LogP contribution in [0.1, 0.15) is 65.5 Å².